The molecule has 2 N–H and O–H groups in total. The van der Waals surface area contributed by atoms with Gasteiger partial charge in [-0.05, 0) is 66.3 Å². The first-order valence-electron chi connectivity index (χ1n) is 14.6. The van der Waals surface area contributed by atoms with Gasteiger partial charge in [-0.2, -0.15) is 0 Å². The van der Waals surface area contributed by atoms with Crippen molar-refractivity contribution in [2.24, 2.45) is 0 Å². The molecule has 1 atom stereocenters. The van der Waals surface area contributed by atoms with Crippen molar-refractivity contribution in [3.05, 3.63) is 125 Å². The topological polar surface area (TPSA) is 105 Å². The molecule has 1 aliphatic rings. The molecule has 0 bridgehead atoms. The summed E-state index contributed by atoms with van der Waals surface area (Å²) < 4.78 is 11.2. The maximum absolute atomic E-state index is 13.8. The molecule has 4 aromatic carbocycles. The van der Waals surface area contributed by atoms with Crippen molar-refractivity contribution in [2.45, 2.75) is 51.3 Å². The molecular formula is C36H36N2O6. The normalized spacial score (nSPS) is 12.9. The number of rotatable bonds is 9. The molecule has 1 unspecified atom stereocenters. The van der Waals surface area contributed by atoms with Crippen LogP contribution in [0, 0.1) is 0 Å². The number of hydrogen-bond donors (Lipinski definition) is 2. The summed E-state index contributed by atoms with van der Waals surface area (Å²) in [5.41, 5.74) is 5.73. The standard InChI is InChI=1S/C36H36N2O6/c1-36(2,3)44-34(41)37-22-25-19-17-24(18-20-25)21-32(33(39)40)38(26-11-5-4-6-12-26)35(42)43-23-31-29-15-9-7-13-27(29)28-14-8-10-16-30(28)31/h4-20,31-32H,21-23H2,1-3H3,(H,37,41)(H,39,40). The predicted molar refractivity (Wildman–Crippen MR) is 169 cm³/mol. The minimum Gasteiger partial charge on any atom is -0.480 e. The van der Waals surface area contributed by atoms with E-state index < -0.39 is 29.8 Å². The number of carboxylic acid groups (broad SMARTS) is 1. The number of nitrogens with one attached hydrogen (secondary N) is 1. The Hall–Kier alpha value is -5.11. The van der Waals surface area contributed by atoms with Crippen molar-refractivity contribution in [2.75, 3.05) is 11.5 Å². The molecule has 0 spiro atoms. The number of hydrogen-bond acceptors (Lipinski definition) is 5. The van der Waals surface area contributed by atoms with Crippen molar-refractivity contribution >= 4 is 23.8 Å². The van der Waals surface area contributed by atoms with Gasteiger partial charge in [0.2, 0.25) is 0 Å². The van der Waals surface area contributed by atoms with Crippen LogP contribution >= 0.6 is 0 Å². The lowest BCUT2D eigenvalue weighted by atomic mass is 9.98. The fraction of sp³-hybridized carbons (Fsp3) is 0.250. The van der Waals surface area contributed by atoms with Gasteiger partial charge in [-0.25, -0.2) is 14.4 Å². The highest BCUT2D eigenvalue weighted by Gasteiger charge is 2.35. The SMILES string of the molecule is CC(C)(C)OC(=O)NCc1ccc(CC(C(=O)O)N(C(=O)OCC2c3ccccc3-c3ccccc32)c2ccccc2)cc1. The van der Waals surface area contributed by atoms with Crippen LogP contribution < -0.4 is 10.2 Å². The number of alkyl carbamates (subject to hydrolysis) is 1. The van der Waals surface area contributed by atoms with Crippen LogP contribution in [-0.2, 0) is 27.2 Å². The lowest BCUT2D eigenvalue weighted by molar-refractivity contribution is -0.138. The van der Waals surface area contributed by atoms with Crippen molar-refractivity contribution in [3.63, 3.8) is 0 Å². The Morgan fingerprint density at radius 3 is 1.91 bits per heavy atom. The van der Waals surface area contributed by atoms with Gasteiger partial charge in [0.25, 0.3) is 0 Å². The van der Waals surface area contributed by atoms with E-state index in [2.05, 4.69) is 17.4 Å². The summed E-state index contributed by atoms with van der Waals surface area (Å²) in [5.74, 6) is -1.31. The molecule has 5 rings (SSSR count). The molecule has 0 aromatic heterocycles. The van der Waals surface area contributed by atoms with Crippen LogP contribution in [0.4, 0.5) is 15.3 Å². The molecule has 44 heavy (non-hydrogen) atoms. The Morgan fingerprint density at radius 2 is 1.34 bits per heavy atom. The number of para-hydroxylation sites is 1. The molecule has 8 heteroatoms. The summed E-state index contributed by atoms with van der Waals surface area (Å²) in [5, 5.41) is 13.1. The number of aliphatic carboxylic acids is 1. The van der Waals surface area contributed by atoms with Gasteiger partial charge in [0.1, 0.15) is 18.2 Å². The maximum Gasteiger partial charge on any atom is 0.415 e. The van der Waals surface area contributed by atoms with E-state index in [0.29, 0.717) is 11.3 Å². The maximum atomic E-state index is 13.8. The molecule has 0 heterocycles. The van der Waals surface area contributed by atoms with E-state index in [9.17, 15) is 19.5 Å². The van der Waals surface area contributed by atoms with E-state index in [1.54, 1.807) is 63.2 Å². The number of anilines is 1. The first-order chi connectivity index (χ1) is 21.1. The molecule has 8 nitrogen and oxygen atoms in total. The van der Waals surface area contributed by atoms with Crippen LogP contribution in [-0.4, -0.2) is 41.5 Å². The number of ether oxygens (including phenoxy) is 2. The van der Waals surface area contributed by atoms with Gasteiger partial charge in [-0.1, -0.05) is 91.0 Å². The van der Waals surface area contributed by atoms with Crippen LogP contribution in [0.3, 0.4) is 0 Å². The van der Waals surface area contributed by atoms with Crippen LogP contribution in [0.1, 0.15) is 48.9 Å². The fourth-order valence-electron chi connectivity index (χ4n) is 5.46. The Bertz CT molecular complexity index is 1580. The molecular weight excluding hydrogens is 556 g/mol. The van der Waals surface area contributed by atoms with Gasteiger partial charge < -0.3 is 19.9 Å². The third-order valence-electron chi connectivity index (χ3n) is 7.45. The van der Waals surface area contributed by atoms with Gasteiger partial charge in [-0.15, -0.1) is 0 Å². The zero-order chi connectivity index (χ0) is 31.3. The number of benzene rings is 4. The van der Waals surface area contributed by atoms with Crippen molar-refractivity contribution in [3.8, 4) is 11.1 Å². The van der Waals surface area contributed by atoms with Crippen molar-refractivity contribution in [1.82, 2.24) is 5.32 Å². The van der Waals surface area contributed by atoms with Crippen molar-refractivity contribution < 1.29 is 29.0 Å². The monoisotopic (exact) mass is 592 g/mol. The fourth-order valence-corrected chi connectivity index (χ4v) is 5.46. The van der Waals surface area contributed by atoms with Crippen LogP contribution in [0.2, 0.25) is 0 Å². The third-order valence-corrected chi connectivity index (χ3v) is 7.45. The summed E-state index contributed by atoms with van der Waals surface area (Å²) >= 11 is 0. The van der Waals surface area contributed by atoms with E-state index >= 15 is 0 Å². The van der Waals surface area contributed by atoms with Crippen LogP contribution in [0.25, 0.3) is 11.1 Å². The van der Waals surface area contributed by atoms with Gasteiger partial charge in [0.15, 0.2) is 0 Å². The first-order valence-corrected chi connectivity index (χ1v) is 14.6. The number of fused-ring (bicyclic) bond motifs is 3. The average molecular weight is 593 g/mol. The van der Waals surface area contributed by atoms with Gasteiger partial charge in [0, 0.05) is 24.6 Å². The predicted octanol–water partition coefficient (Wildman–Crippen LogP) is 7.16. The molecule has 0 fully saturated rings. The van der Waals surface area contributed by atoms with E-state index in [-0.39, 0.29) is 25.5 Å². The van der Waals surface area contributed by atoms with E-state index in [4.69, 9.17) is 9.47 Å². The summed E-state index contributed by atoms with van der Waals surface area (Å²) in [6.45, 7) is 5.71. The van der Waals surface area contributed by atoms with Gasteiger partial charge >= 0.3 is 18.2 Å². The molecule has 0 saturated carbocycles. The summed E-state index contributed by atoms with van der Waals surface area (Å²) in [6, 6.07) is 30.8. The Kier molecular flexibility index (Phi) is 8.99. The average Bonchev–Trinajstić information content (AvgIpc) is 3.32. The minimum absolute atomic E-state index is 0.0498. The quantitative estimate of drug-likeness (QED) is 0.214. The highest BCUT2D eigenvalue weighted by molar-refractivity contribution is 5.95. The van der Waals surface area contributed by atoms with Gasteiger partial charge in [0.05, 0.1) is 0 Å². The third kappa shape index (κ3) is 7.09. The molecule has 2 amide bonds. The van der Waals surface area contributed by atoms with E-state index in [0.717, 1.165) is 27.8 Å². The number of amides is 2. The Labute approximate surface area is 257 Å². The zero-order valence-corrected chi connectivity index (χ0v) is 25.0. The number of carbonyl (C=O) groups is 3. The highest BCUT2D eigenvalue weighted by atomic mass is 16.6. The van der Waals surface area contributed by atoms with E-state index in [1.165, 1.54) is 4.90 Å². The smallest absolute Gasteiger partial charge is 0.415 e. The number of nitrogens with zero attached hydrogens (tertiary/aromatic N) is 1. The van der Waals surface area contributed by atoms with Crippen LogP contribution in [0.5, 0.6) is 0 Å². The molecule has 226 valence electrons. The minimum atomic E-state index is -1.22. The Balaban J connectivity index is 1.32. The second-order valence-electron chi connectivity index (χ2n) is 11.7. The Morgan fingerprint density at radius 1 is 0.795 bits per heavy atom. The first kappa shape index (κ1) is 30.4. The zero-order valence-electron chi connectivity index (χ0n) is 25.0. The molecule has 0 saturated heterocycles. The molecule has 0 radical (unpaired) electrons. The van der Waals surface area contributed by atoms with Crippen LogP contribution in [0.15, 0.2) is 103 Å². The second-order valence-corrected chi connectivity index (χ2v) is 11.7. The molecule has 1 aliphatic carbocycles. The summed E-state index contributed by atoms with van der Waals surface area (Å²) in [6.07, 6.45) is -1.20. The lowest BCUT2D eigenvalue weighted by Gasteiger charge is -2.29. The number of carbonyl (C=O) groups excluding carboxylic acids is 2. The van der Waals surface area contributed by atoms with Gasteiger partial charge in [-0.3, -0.25) is 4.90 Å². The summed E-state index contributed by atoms with van der Waals surface area (Å²) in [7, 11) is 0. The summed E-state index contributed by atoms with van der Waals surface area (Å²) in [4.78, 5) is 39.6. The lowest BCUT2D eigenvalue weighted by Crippen LogP contribution is -2.47. The number of carboxylic acids is 1. The highest BCUT2D eigenvalue weighted by Crippen LogP contribution is 2.44. The molecule has 0 aliphatic heterocycles. The second kappa shape index (κ2) is 13.0. The molecule has 4 aromatic rings. The van der Waals surface area contributed by atoms with Crippen molar-refractivity contribution in [1.29, 1.82) is 0 Å². The largest absolute Gasteiger partial charge is 0.480 e. The van der Waals surface area contributed by atoms with E-state index in [1.807, 2.05) is 48.5 Å².